The molecule has 2 aliphatic heterocycles. The lowest BCUT2D eigenvalue weighted by Gasteiger charge is -2.43. The van der Waals surface area contributed by atoms with Crippen molar-refractivity contribution in [3.8, 4) is 22.8 Å². The van der Waals surface area contributed by atoms with Gasteiger partial charge >= 0.3 is 6.03 Å². The molecule has 7 rings (SSSR count). The van der Waals surface area contributed by atoms with Gasteiger partial charge in [0.1, 0.15) is 5.69 Å². The lowest BCUT2D eigenvalue weighted by atomic mass is 9.94. The Morgan fingerprint density at radius 2 is 1.64 bits per heavy atom. The van der Waals surface area contributed by atoms with Crippen molar-refractivity contribution in [1.82, 2.24) is 20.5 Å². The van der Waals surface area contributed by atoms with Crippen molar-refractivity contribution in [3.05, 3.63) is 144 Å². The number of urea groups is 1. The van der Waals surface area contributed by atoms with Crippen molar-refractivity contribution in [3.63, 3.8) is 0 Å². The fourth-order valence-electron chi connectivity index (χ4n) is 8.25. The average Bonchev–Trinajstić information content (AvgIpc) is 3.86. The number of rotatable bonds is 13. The van der Waals surface area contributed by atoms with Crippen molar-refractivity contribution < 1.29 is 23.5 Å². The van der Waals surface area contributed by atoms with Crippen LogP contribution in [0.5, 0.6) is 11.5 Å². The molecule has 11 heteroatoms. The smallest absolute Gasteiger partial charge is 0.318 e. The average molecular weight is 808 g/mol. The van der Waals surface area contributed by atoms with Gasteiger partial charge in [0.05, 0.1) is 11.7 Å². The third-order valence-electron chi connectivity index (χ3n) is 10.9. The Labute approximate surface area is 348 Å². The molecule has 5 aromatic rings. The molecule has 59 heavy (non-hydrogen) atoms. The number of allylic oxidation sites excluding steroid dienone is 1. The molecule has 1 aromatic heterocycles. The topological polar surface area (TPSA) is 114 Å². The lowest BCUT2D eigenvalue weighted by Crippen LogP contribution is -2.66. The molecule has 0 unspecified atom stereocenters. The summed E-state index contributed by atoms with van der Waals surface area (Å²) in [5.41, 5.74) is 5.94. The van der Waals surface area contributed by atoms with E-state index in [0.717, 1.165) is 33.4 Å². The molecule has 3 heterocycles. The van der Waals surface area contributed by atoms with Crippen LogP contribution < -0.4 is 30.5 Å². The van der Waals surface area contributed by atoms with Crippen LogP contribution in [0.2, 0.25) is 5.04 Å². The number of benzene rings is 4. The van der Waals surface area contributed by atoms with Gasteiger partial charge in [-0.2, -0.15) is 0 Å². The zero-order valence-electron chi connectivity index (χ0n) is 34.7. The number of ether oxygens (including phenoxy) is 2. The van der Waals surface area contributed by atoms with Crippen LogP contribution in [0, 0.1) is 0 Å². The number of fused-ring (bicyclic) bond motifs is 2. The van der Waals surface area contributed by atoms with E-state index < -0.39 is 14.4 Å². The number of carbonyl (C=O) groups excluding carboxylic acids is 2. The molecule has 2 aliphatic rings. The number of aromatic nitrogens is 1. The normalized spacial score (nSPS) is 14.8. The molecule has 1 atom stereocenters. The van der Waals surface area contributed by atoms with Crippen LogP contribution in [0.25, 0.3) is 16.8 Å². The summed E-state index contributed by atoms with van der Waals surface area (Å²) in [5, 5.41) is 8.33. The fraction of sp³-hybridized carbons (Fsp3) is 0.292. The van der Waals surface area contributed by atoms with Gasteiger partial charge < -0.3 is 29.4 Å². The fourth-order valence-corrected chi connectivity index (χ4v) is 12.8. The van der Waals surface area contributed by atoms with E-state index in [4.69, 9.17) is 18.9 Å². The van der Waals surface area contributed by atoms with Gasteiger partial charge in [0.15, 0.2) is 11.5 Å². The molecular weight excluding hydrogens is 755 g/mol. The van der Waals surface area contributed by atoms with E-state index in [0.29, 0.717) is 36.8 Å². The minimum atomic E-state index is -2.89. The van der Waals surface area contributed by atoms with Crippen LogP contribution >= 0.6 is 0 Å². The molecule has 0 radical (unpaired) electrons. The molecule has 304 valence electrons. The summed E-state index contributed by atoms with van der Waals surface area (Å²) in [4.78, 5) is 39.3. The highest BCUT2D eigenvalue weighted by Crippen LogP contribution is 2.43. The number of carbonyl (C=O) groups is 2. The lowest BCUT2D eigenvalue weighted by molar-refractivity contribution is 0.0945. The van der Waals surface area contributed by atoms with Gasteiger partial charge in [-0.3, -0.25) is 9.79 Å². The van der Waals surface area contributed by atoms with Gasteiger partial charge in [0, 0.05) is 50.1 Å². The van der Waals surface area contributed by atoms with E-state index in [1.165, 1.54) is 10.4 Å². The summed E-state index contributed by atoms with van der Waals surface area (Å²) in [6, 6.07) is 35.8. The number of aliphatic imine (C=N–C) groups is 1. The second-order valence-electron chi connectivity index (χ2n) is 16.3. The number of hydrogen-bond donors (Lipinski definition) is 2. The van der Waals surface area contributed by atoms with Crippen molar-refractivity contribution in [2.45, 2.75) is 71.3 Å². The minimum Gasteiger partial charge on any atom is -0.454 e. The summed E-state index contributed by atoms with van der Waals surface area (Å²) in [6.45, 7) is 16.0. The molecule has 0 bridgehead atoms. The molecule has 10 nitrogen and oxygen atoms in total. The Balaban J connectivity index is 1.29. The van der Waals surface area contributed by atoms with Crippen LogP contribution in [0.4, 0.5) is 4.79 Å². The van der Waals surface area contributed by atoms with E-state index in [-0.39, 0.29) is 42.1 Å². The highest BCUT2D eigenvalue weighted by Gasteiger charge is 2.50. The first kappa shape index (κ1) is 41.1. The number of pyridine rings is 1. The Morgan fingerprint density at radius 3 is 2.31 bits per heavy atom. The van der Waals surface area contributed by atoms with Gasteiger partial charge in [-0.15, -0.1) is 0 Å². The SMILES string of the molecule is C=C(C=NC)c1cccc(-c2nc(C(=O)NCc3ccc4c(c3)OCO4)cc3c2[C@@H](CCO[Si](c2ccccc2)(c2ccccc2)C(C)(C)C)N(C(=O)NC(C)C)C3)c1. The zero-order valence-corrected chi connectivity index (χ0v) is 35.7. The first-order chi connectivity index (χ1) is 28.4. The Kier molecular flexibility index (Phi) is 12.2. The first-order valence-electron chi connectivity index (χ1n) is 20.1. The highest BCUT2D eigenvalue weighted by molar-refractivity contribution is 6.99. The third-order valence-corrected chi connectivity index (χ3v) is 16.0. The Hall–Kier alpha value is -6.04. The van der Waals surface area contributed by atoms with Crippen molar-refractivity contribution in [2.75, 3.05) is 20.4 Å². The van der Waals surface area contributed by atoms with E-state index in [1.54, 1.807) is 13.3 Å². The van der Waals surface area contributed by atoms with E-state index in [9.17, 15) is 9.59 Å². The molecule has 0 spiro atoms. The number of nitrogens with one attached hydrogen (secondary N) is 2. The molecular formula is C48H53N5O5Si. The summed E-state index contributed by atoms with van der Waals surface area (Å²) < 4.78 is 18.4. The van der Waals surface area contributed by atoms with E-state index in [1.807, 2.05) is 79.4 Å². The second-order valence-corrected chi connectivity index (χ2v) is 20.6. The molecule has 2 N–H and O–H groups in total. The van der Waals surface area contributed by atoms with Crippen LogP contribution in [-0.2, 0) is 17.5 Å². The summed E-state index contributed by atoms with van der Waals surface area (Å²) >= 11 is 0. The quantitative estimate of drug-likeness (QED) is 0.0920. The minimum absolute atomic E-state index is 0.0849. The van der Waals surface area contributed by atoms with Crippen molar-refractivity contribution in [2.24, 2.45) is 4.99 Å². The number of nitrogens with zero attached hydrogens (tertiary/aromatic N) is 3. The maximum Gasteiger partial charge on any atom is 0.318 e. The van der Waals surface area contributed by atoms with Crippen LogP contribution in [0.3, 0.4) is 0 Å². The maximum atomic E-state index is 14.2. The summed E-state index contributed by atoms with van der Waals surface area (Å²) in [5.74, 6) is 0.994. The van der Waals surface area contributed by atoms with E-state index in [2.05, 4.69) is 91.5 Å². The van der Waals surface area contributed by atoms with Crippen LogP contribution in [0.15, 0.2) is 121 Å². The zero-order chi connectivity index (χ0) is 41.7. The maximum absolute atomic E-state index is 14.2. The number of hydrogen-bond acceptors (Lipinski definition) is 7. The summed E-state index contributed by atoms with van der Waals surface area (Å²) in [7, 11) is -1.17. The predicted octanol–water partition coefficient (Wildman–Crippen LogP) is 8.06. The van der Waals surface area contributed by atoms with Gasteiger partial charge in [-0.25, -0.2) is 9.78 Å². The third kappa shape index (κ3) is 8.58. The standard InChI is InChI=1S/C48H53N5O5Si/c1-32(2)51-47(55)53-30-37-27-40(46(54)50-29-34-21-22-42-43(25-34)57-31-56-42)52-45(36-16-14-15-35(26-36)33(3)28-49-7)44(37)41(53)23-24-58-59(48(4,5)6,38-17-10-8-11-18-38)39-19-12-9-13-20-39/h8-22,25-28,32,41H,3,23-24,29-31H2,1-2,4-7H3,(H,50,54)(H,51,55)/t41-/m1/s1. The molecule has 0 saturated carbocycles. The van der Waals surface area contributed by atoms with Crippen molar-refractivity contribution in [1.29, 1.82) is 0 Å². The molecule has 0 fully saturated rings. The van der Waals surface area contributed by atoms with Crippen LogP contribution in [0.1, 0.15) is 79.8 Å². The van der Waals surface area contributed by atoms with Gasteiger partial charge in [0.25, 0.3) is 14.2 Å². The predicted molar refractivity (Wildman–Crippen MR) is 237 cm³/mol. The first-order valence-corrected chi connectivity index (χ1v) is 22.0. The van der Waals surface area contributed by atoms with E-state index >= 15 is 0 Å². The second kappa shape index (κ2) is 17.4. The molecule has 4 aromatic carbocycles. The van der Waals surface area contributed by atoms with Gasteiger partial charge in [-0.05, 0) is 82.2 Å². The van der Waals surface area contributed by atoms with Gasteiger partial charge in [-0.1, -0.05) is 112 Å². The molecule has 0 saturated heterocycles. The highest BCUT2D eigenvalue weighted by atomic mass is 28.4. The van der Waals surface area contributed by atoms with Crippen molar-refractivity contribution >= 4 is 42.4 Å². The monoisotopic (exact) mass is 807 g/mol. The van der Waals surface area contributed by atoms with Crippen LogP contribution in [-0.4, -0.2) is 62.8 Å². The Bertz CT molecular complexity index is 2320. The largest absolute Gasteiger partial charge is 0.454 e. The van der Waals surface area contributed by atoms with Gasteiger partial charge in [0.2, 0.25) is 6.79 Å². The number of amides is 3. The molecule has 3 amide bonds. The Morgan fingerprint density at radius 1 is 0.949 bits per heavy atom. The summed E-state index contributed by atoms with van der Waals surface area (Å²) in [6.07, 6.45) is 2.22. The molecule has 0 aliphatic carbocycles.